The molecule has 0 radical (unpaired) electrons. The Kier molecular flexibility index (Phi) is 5.39. The van der Waals surface area contributed by atoms with Crippen molar-refractivity contribution in [1.82, 2.24) is 9.62 Å². The van der Waals surface area contributed by atoms with Gasteiger partial charge in [0.25, 0.3) is 10.2 Å². The van der Waals surface area contributed by atoms with E-state index in [4.69, 9.17) is 15.6 Å². The van der Waals surface area contributed by atoms with E-state index in [1.807, 2.05) is 18.2 Å². The molecule has 0 amide bonds. The molecule has 2 aliphatic heterocycles. The number of hydrogen-bond donors (Lipinski definition) is 3. The maximum Gasteiger partial charge on any atom is 0.274 e. The second-order valence-corrected chi connectivity index (χ2v) is 9.94. The van der Waals surface area contributed by atoms with Crippen LogP contribution >= 0.6 is 11.8 Å². The summed E-state index contributed by atoms with van der Waals surface area (Å²) >= 11 is 1.74. The summed E-state index contributed by atoms with van der Waals surface area (Å²) in [4.78, 5) is 3.68. The van der Waals surface area contributed by atoms with E-state index in [2.05, 4.69) is 15.7 Å². The highest BCUT2D eigenvalue weighted by Crippen LogP contribution is 2.49. The fraction of sp³-hybridized carbons (Fsp3) is 0.556. The van der Waals surface area contributed by atoms with Gasteiger partial charge in [0, 0.05) is 29.5 Å². The van der Waals surface area contributed by atoms with Gasteiger partial charge in [0.1, 0.15) is 11.2 Å². The van der Waals surface area contributed by atoms with Crippen molar-refractivity contribution in [2.75, 3.05) is 13.2 Å². The molecular weight excluding hydrogens is 384 g/mol. The second kappa shape index (κ2) is 7.63. The Morgan fingerprint density at radius 2 is 1.96 bits per heavy atom. The van der Waals surface area contributed by atoms with E-state index in [0.29, 0.717) is 25.1 Å². The van der Waals surface area contributed by atoms with Crippen LogP contribution in [0.1, 0.15) is 37.7 Å². The molecular formula is C18H26N4O3S2. The first-order valence-corrected chi connectivity index (χ1v) is 11.8. The van der Waals surface area contributed by atoms with Crippen molar-refractivity contribution in [3.05, 3.63) is 34.7 Å². The molecule has 148 valence electrons. The zero-order chi connectivity index (χ0) is 19.0. The lowest BCUT2D eigenvalue weighted by molar-refractivity contribution is 0.191. The number of ether oxygens (including phenoxy) is 1. The summed E-state index contributed by atoms with van der Waals surface area (Å²) < 4.78 is 30.6. The summed E-state index contributed by atoms with van der Waals surface area (Å²) in [7, 11) is -3.62. The quantitative estimate of drug-likeness (QED) is 0.698. The summed E-state index contributed by atoms with van der Waals surface area (Å²) in [6.07, 6.45) is 4.78. The van der Waals surface area contributed by atoms with Crippen molar-refractivity contribution in [3.63, 3.8) is 0 Å². The van der Waals surface area contributed by atoms with Gasteiger partial charge in [0.15, 0.2) is 0 Å². The van der Waals surface area contributed by atoms with E-state index < -0.39 is 10.2 Å². The van der Waals surface area contributed by atoms with Crippen molar-refractivity contribution in [2.24, 2.45) is 16.8 Å². The van der Waals surface area contributed by atoms with Crippen molar-refractivity contribution in [2.45, 2.75) is 43.6 Å². The zero-order valence-electron chi connectivity index (χ0n) is 15.1. The van der Waals surface area contributed by atoms with Gasteiger partial charge in [-0.05, 0) is 43.7 Å². The topological polar surface area (TPSA) is 111 Å². The SMILES string of the molecule is NC1SC2=C(c3ccccc3OCC2)N1[C@H]1CC[C@H](CNS(N)(=O)=O)CC1. The fourth-order valence-corrected chi connectivity index (χ4v) is 5.97. The second-order valence-electron chi connectivity index (χ2n) is 7.35. The monoisotopic (exact) mass is 410 g/mol. The van der Waals surface area contributed by atoms with Crippen LogP contribution in [-0.4, -0.2) is 38.0 Å². The Morgan fingerprint density at radius 3 is 2.70 bits per heavy atom. The van der Waals surface area contributed by atoms with Gasteiger partial charge < -0.3 is 15.4 Å². The molecule has 1 fully saturated rings. The lowest BCUT2D eigenvalue weighted by atomic mass is 9.85. The number of fused-ring (bicyclic) bond motifs is 2. The summed E-state index contributed by atoms with van der Waals surface area (Å²) in [5, 5.41) is 5.05. The molecule has 2 heterocycles. The Balaban J connectivity index is 1.50. The van der Waals surface area contributed by atoms with Crippen LogP contribution in [0.2, 0.25) is 0 Å². The number of nitrogens with one attached hydrogen (secondary N) is 1. The van der Waals surface area contributed by atoms with Crippen molar-refractivity contribution in [1.29, 1.82) is 0 Å². The Morgan fingerprint density at radius 1 is 1.22 bits per heavy atom. The van der Waals surface area contributed by atoms with Crippen LogP contribution in [0.25, 0.3) is 5.70 Å². The van der Waals surface area contributed by atoms with Gasteiger partial charge in [-0.1, -0.05) is 23.9 Å². The minimum Gasteiger partial charge on any atom is -0.493 e. The molecule has 1 aromatic carbocycles. The Labute approximate surface area is 164 Å². The average molecular weight is 411 g/mol. The van der Waals surface area contributed by atoms with Gasteiger partial charge in [-0.15, -0.1) is 0 Å². The summed E-state index contributed by atoms with van der Waals surface area (Å²) in [5.74, 6) is 1.25. The van der Waals surface area contributed by atoms with Gasteiger partial charge in [-0.3, -0.25) is 0 Å². The summed E-state index contributed by atoms with van der Waals surface area (Å²) in [6.45, 7) is 1.09. The third-order valence-corrected chi connectivity index (χ3v) is 7.29. The highest BCUT2D eigenvalue weighted by Gasteiger charge is 2.39. The van der Waals surface area contributed by atoms with Gasteiger partial charge in [0.05, 0.1) is 12.3 Å². The highest BCUT2D eigenvalue weighted by molar-refractivity contribution is 8.04. The smallest absolute Gasteiger partial charge is 0.274 e. The van der Waals surface area contributed by atoms with Crippen molar-refractivity contribution < 1.29 is 13.2 Å². The third kappa shape index (κ3) is 4.12. The molecule has 4 rings (SSSR count). The first-order chi connectivity index (χ1) is 12.9. The van der Waals surface area contributed by atoms with Crippen LogP contribution < -0.4 is 20.3 Å². The Hall–Kier alpha value is -1.26. The number of para-hydroxylation sites is 1. The molecule has 7 nitrogen and oxygen atoms in total. The highest BCUT2D eigenvalue weighted by atomic mass is 32.2. The van der Waals surface area contributed by atoms with Crippen LogP contribution in [-0.2, 0) is 10.2 Å². The van der Waals surface area contributed by atoms with E-state index >= 15 is 0 Å². The van der Waals surface area contributed by atoms with E-state index in [-0.39, 0.29) is 5.50 Å². The third-order valence-electron chi connectivity index (χ3n) is 5.57. The lowest BCUT2D eigenvalue weighted by Crippen LogP contribution is -2.45. The molecule has 9 heteroatoms. The molecule has 3 aliphatic rings. The van der Waals surface area contributed by atoms with Crippen LogP contribution in [0, 0.1) is 5.92 Å². The van der Waals surface area contributed by atoms with Crippen LogP contribution in [0.15, 0.2) is 29.2 Å². The lowest BCUT2D eigenvalue weighted by Gasteiger charge is -2.39. The summed E-state index contributed by atoms with van der Waals surface area (Å²) in [6, 6.07) is 8.54. The molecule has 0 saturated heterocycles. The maximum absolute atomic E-state index is 11.1. The molecule has 27 heavy (non-hydrogen) atoms. The molecule has 1 saturated carbocycles. The largest absolute Gasteiger partial charge is 0.493 e. The first-order valence-electron chi connectivity index (χ1n) is 9.35. The number of rotatable bonds is 4. The first kappa shape index (κ1) is 19.1. The number of nitrogens with zero attached hydrogens (tertiary/aromatic N) is 1. The minimum absolute atomic E-state index is 0.0785. The van der Waals surface area contributed by atoms with Gasteiger partial charge in [0.2, 0.25) is 0 Å². The van der Waals surface area contributed by atoms with Gasteiger partial charge >= 0.3 is 0 Å². The number of nitrogens with two attached hydrogens (primary N) is 2. The molecule has 5 N–H and O–H groups in total. The van der Waals surface area contributed by atoms with E-state index in [0.717, 1.165) is 43.4 Å². The molecule has 0 spiro atoms. The molecule has 1 aromatic rings. The molecule has 1 atom stereocenters. The van der Waals surface area contributed by atoms with E-state index in [1.165, 1.54) is 10.6 Å². The number of thioether (sulfide) groups is 1. The van der Waals surface area contributed by atoms with E-state index in [1.54, 1.807) is 11.8 Å². The average Bonchev–Trinajstić information content (AvgIpc) is 2.85. The normalized spacial score (nSPS) is 28.4. The van der Waals surface area contributed by atoms with Gasteiger partial charge in [-0.25, -0.2) is 9.86 Å². The van der Waals surface area contributed by atoms with Crippen molar-refractivity contribution >= 4 is 27.7 Å². The van der Waals surface area contributed by atoms with Gasteiger partial charge in [-0.2, -0.15) is 8.42 Å². The number of benzene rings is 1. The van der Waals surface area contributed by atoms with Crippen LogP contribution in [0.5, 0.6) is 5.75 Å². The molecule has 0 aromatic heterocycles. The van der Waals surface area contributed by atoms with Crippen LogP contribution in [0.3, 0.4) is 0 Å². The number of hydrogen-bond acceptors (Lipinski definition) is 6. The van der Waals surface area contributed by atoms with Crippen LogP contribution in [0.4, 0.5) is 0 Å². The van der Waals surface area contributed by atoms with Crippen molar-refractivity contribution in [3.8, 4) is 5.75 Å². The summed E-state index contributed by atoms with van der Waals surface area (Å²) in [5.41, 5.74) is 8.80. The fourth-order valence-electron chi connectivity index (χ4n) is 4.29. The Bertz CT molecular complexity index is 835. The predicted octanol–water partition coefficient (Wildman–Crippen LogP) is 1.78. The maximum atomic E-state index is 11.1. The zero-order valence-corrected chi connectivity index (χ0v) is 16.8. The molecule has 1 aliphatic carbocycles. The minimum atomic E-state index is -3.62. The standard InChI is InChI=1S/C18H26N4O3S2/c19-18-22(13-7-5-12(6-8-13)11-21-27(20,23)24)17-14-3-1-2-4-15(14)25-10-9-16(17)26-18/h1-4,12-13,18,21H,5-11,19H2,(H2,20,23,24)/t12-,13-,18?. The predicted molar refractivity (Wildman–Crippen MR) is 108 cm³/mol. The molecule has 0 bridgehead atoms. The molecule has 1 unspecified atom stereocenters. The van der Waals surface area contributed by atoms with E-state index in [9.17, 15) is 8.42 Å².